The van der Waals surface area contributed by atoms with Crippen LogP contribution in [0.3, 0.4) is 0 Å². The predicted octanol–water partition coefficient (Wildman–Crippen LogP) is 4.54. The highest BCUT2D eigenvalue weighted by Crippen LogP contribution is 2.42. The van der Waals surface area contributed by atoms with Gasteiger partial charge in [0.15, 0.2) is 5.11 Å². The molecule has 0 saturated carbocycles. The summed E-state index contributed by atoms with van der Waals surface area (Å²) in [4.78, 5) is 18.7. The van der Waals surface area contributed by atoms with Crippen molar-refractivity contribution in [3.63, 3.8) is 0 Å². The number of nitrogens with zero attached hydrogens (tertiary/aromatic N) is 3. The molecule has 34 heavy (non-hydrogen) atoms. The summed E-state index contributed by atoms with van der Waals surface area (Å²) in [5.41, 5.74) is 3.95. The Balaban J connectivity index is 1.65. The number of methoxy groups -OCH3 is 1. The van der Waals surface area contributed by atoms with Gasteiger partial charge in [-0.3, -0.25) is 4.98 Å². The van der Waals surface area contributed by atoms with Crippen LogP contribution in [0, 0.1) is 0 Å². The number of nitrogens with one attached hydrogen (secondary N) is 1. The van der Waals surface area contributed by atoms with Gasteiger partial charge in [-0.25, -0.2) is 4.79 Å². The maximum Gasteiger partial charge on any atom is 0.337 e. The number of hydrogen-bond acceptors (Lipinski definition) is 5. The molecule has 1 saturated heterocycles. The number of aromatic hydroxyl groups is 1. The summed E-state index contributed by atoms with van der Waals surface area (Å²) >= 11 is 5.77. The normalized spacial score (nSPS) is 17.4. The Kier molecular flexibility index (Phi) is 5.73. The SMILES string of the molecule is COC(=O)c1cccc(-n2cccc2[C@@H]2[C@@H](c3ccccn3)NC(=S)N2c2ccc(O)cc2)c1. The van der Waals surface area contributed by atoms with Gasteiger partial charge in [-0.15, -0.1) is 0 Å². The largest absolute Gasteiger partial charge is 0.508 e. The molecule has 1 aliphatic rings. The summed E-state index contributed by atoms with van der Waals surface area (Å²) in [5.74, 6) is -0.209. The highest BCUT2D eigenvalue weighted by atomic mass is 32.1. The second-order valence-electron chi connectivity index (χ2n) is 7.86. The Hall–Kier alpha value is -4.17. The van der Waals surface area contributed by atoms with Crippen molar-refractivity contribution in [3.8, 4) is 11.4 Å². The molecule has 2 N–H and O–H groups in total. The van der Waals surface area contributed by atoms with Crippen molar-refractivity contribution in [2.24, 2.45) is 0 Å². The summed E-state index contributed by atoms with van der Waals surface area (Å²) in [6, 6.07) is 23.6. The van der Waals surface area contributed by atoms with E-state index in [0.29, 0.717) is 10.7 Å². The van der Waals surface area contributed by atoms with Gasteiger partial charge < -0.3 is 24.6 Å². The van der Waals surface area contributed by atoms with Crippen molar-refractivity contribution in [3.05, 3.63) is 108 Å². The number of aromatic nitrogens is 2. The fraction of sp³-hybridized carbons (Fsp3) is 0.115. The van der Waals surface area contributed by atoms with E-state index in [1.165, 1.54) is 7.11 Å². The zero-order valence-electron chi connectivity index (χ0n) is 18.3. The maximum absolute atomic E-state index is 12.1. The lowest BCUT2D eigenvalue weighted by molar-refractivity contribution is 0.0600. The molecular formula is C26H22N4O3S. The lowest BCUT2D eigenvalue weighted by Crippen LogP contribution is -2.30. The first-order chi connectivity index (χ1) is 16.6. The Morgan fingerprint density at radius 1 is 1.03 bits per heavy atom. The number of ether oxygens (including phenoxy) is 1. The predicted molar refractivity (Wildman–Crippen MR) is 133 cm³/mol. The molecule has 170 valence electrons. The number of thiocarbonyl (C=S) groups is 1. The topological polar surface area (TPSA) is 79.6 Å². The zero-order chi connectivity index (χ0) is 23.7. The molecular weight excluding hydrogens is 448 g/mol. The number of hydrogen-bond donors (Lipinski definition) is 2. The number of phenolic OH excluding ortho intramolecular Hbond substituents is 1. The maximum atomic E-state index is 12.1. The van der Waals surface area contributed by atoms with Crippen LogP contribution in [-0.2, 0) is 4.74 Å². The fourth-order valence-electron chi connectivity index (χ4n) is 4.32. The standard InChI is InChI=1S/C26H22N4O3S/c1-33-25(32)17-6-4-7-19(16-17)29-15-5-9-22(29)24-23(21-8-2-3-14-27-21)28-26(34)30(24)18-10-12-20(31)13-11-18/h2-16,23-24,31H,1H3,(H,28,34)/t23-,24-/m1/s1. The Labute approximate surface area is 202 Å². The van der Waals surface area contributed by atoms with E-state index in [2.05, 4.69) is 10.3 Å². The molecule has 2 atom stereocenters. The summed E-state index contributed by atoms with van der Waals surface area (Å²) in [7, 11) is 1.37. The fourth-order valence-corrected chi connectivity index (χ4v) is 4.66. The van der Waals surface area contributed by atoms with Gasteiger partial charge in [-0.1, -0.05) is 12.1 Å². The Bertz CT molecular complexity index is 1340. The summed E-state index contributed by atoms with van der Waals surface area (Å²) < 4.78 is 6.94. The van der Waals surface area contributed by atoms with Gasteiger partial charge in [0.2, 0.25) is 0 Å². The van der Waals surface area contributed by atoms with Crippen LogP contribution in [0.4, 0.5) is 5.69 Å². The van der Waals surface area contributed by atoms with E-state index in [-0.39, 0.29) is 17.8 Å². The average molecular weight is 471 g/mol. The van der Waals surface area contributed by atoms with Gasteiger partial charge in [0, 0.05) is 29.5 Å². The van der Waals surface area contributed by atoms with Crippen LogP contribution in [0.5, 0.6) is 5.75 Å². The summed E-state index contributed by atoms with van der Waals surface area (Å²) in [6.45, 7) is 0. The monoisotopic (exact) mass is 470 g/mol. The van der Waals surface area contributed by atoms with Crippen molar-refractivity contribution >= 4 is 29.0 Å². The van der Waals surface area contributed by atoms with Gasteiger partial charge >= 0.3 is 5.97 Å². The van der Waals surface area contributed by atoms with E-state index >= 15 is 0 Å². The third-order valence-corrected chi connectivity index (χ3v) is 6.17. The summed E-state index contributed by atoms with van der Waals surface area (Å²) in [5, 5.41) is 13.8. The van der Waals surface area contributed by atoms with Crippen LogP contribution in [0.2, 0.25) is 0 Å². The van der Waals surface area contributed by atoms with Gasteiger partial charge in [-0.05, 0) is 78.9 Å². The molecule has 0 unspecified atom stereocenters. The molecule has 2 aromatic heterocycles. The van der Waals surface area contributed by atoms with Gasteiger partial charge in [0.25, 0.3) is 0 Å². The molecule has 8 heteroatoms. The van der Waals surface area contributed by atoms with Gasteiger partial charge in [-0.2, -0.15) is 0 Å². The van der Waals surface area contributed by atoms with E-state index in [0.717, 1.165) is 22.8 Å². The zero-order valence-corrected chi connectivity index (χ0v) is 19.1. The van der Waals surface area contributed by atoms with E-state index in [1.807, 2.05) is 70.3 Å². The number of anilines is 1. The van der Waals surface area contributed by atoms with Gasteiger partial charge in [0.05, 0.1) is 24.4 Å². The third kappa shape index (κ3) is 3.88. The highest BCUT2D eigenvalue weighted by Gasteiger charge is 2.42. The first-order valence-electron chi connectivity index (χ1n) is 10.7. The second-order valence-corrected chi connectivity index (χ2v) is 8.24. The Morgan fingerprint density at radius 3 is 2.59 bits per heavy atom. The van der Waals surface area contributed by atoms with Crippen LogP contribution in [0.25, 0.3) is 5.69 Å². The van der Waals surface area contributed by atoms with E-state index in [4.69, 9.17) is 17.0 Å². The summed E-state index contributed by atoms with van der Waals surface area (Å²) in [6.07, 6.45) is 3.72. The molecule has 1 fully saturated rings. The molecule has 5 rings (SSSR count). The van der Waals surface area contributed by atoms with Crippen LogP contribution < -0.4 is 10.2 Å². The first kappa shape index (κ1) is 21.7. The molecule has 1 aliphatic heterocycles. The minimum absolute atomic E-state index is 0.183. The number of esters is 1. The molecule has 2 aromatic carbocycles. The lowest BCUT2D eigenvalue weighted by atomic mass is 10.0. The van der Waals surface area contributed by atoms with E-state index in [9.17, 15) is 9.90 Å². The highest BCUT2D eigenvalue weighted by molar-refractivity contribution is 7.80. The number of carbonyl (C=O) groups excluding carboxylic acids is 1. The minimum atomic E-state index is -0.392. The van der Waals surface area contributed by atoms with Crippen molar-refractivity contribution in [1.82, 2.24) is 14.9 Å². The van der Waals surface area contributed by atoms with Gasteiger partial charge in [0.1, 0.15) is 11.8 Å². The Morgan fingerprint density at radius 2 is 1.85 bits per heavy atom. The van der Waals surface area contributed by atoms with Crippen LogP contribution in [0.1, 0.15) is 33.8 Å². The van der Waals surface area contributed by atoms with E-state index < -0.39 is 5.97 Å². The molecule has 0 radical (unpaired) electrons. The number of phenols is 1. The second kappa shape index (κ2) is 8.99. The smallest absolute Gasteiger partial charge is 0.337 e. The number of pyridine rings is 1. The minimum Gasteiger partial charge on any atom is -0.508 e. The van der Waals surface area contributed by atoms with Crippen molar-refractivity contribution in [1.29, 1.82) is 0 Å². The van der Waals surface area contributed by atoms with Crippen molar-refractivity contribution in [2.45, 2.75) is 12.1 Å². The molecule has 4 aromatic rings. The molecule has 7 nitrogen and oxygen atoms in total. The molecule has 3 heterocycles. The van der Waals surface area contributed by atoms with E-state index in [1.54, 1.807) is 30.5 Å². The molecule has 0 bridgehead atoms. The van der Waals surface area contributed by atoms with Crippen molar-refractivity contribution < 1.29 is 14.6 Å². The molecule has 0 aliphatic carbocycles. The quantitative estimate of drug-likeness (QED) is 0.327. The molecule has 0 spiro atoms. The van der Waals surface area contributed by atoms with Crippen LogP contribution in [0.15, 0.2) is 91.3 Å². The molecule has 0 amide bonds. The van der Waals surface area contributed by atoms with Crippen molar-refractivity contribution in [2.75, 3.05) is 12.0 Å². The van der Waals surface area contributed by atoms with Crippen LogP contribution >= 0.6 is 12.2 Å². The number of rotatable bonds is 5. The average Bonchev–Trinajstić information content (AvgIpc) is 3.49. The number of carbonyl (C=O) groups is 1. The lowest BCUT2D eigenvalue weighted by Gasteiger charge is -2.29. The van der Waals surface area contributed by atoms with Crippen LogP contribution in [-0.4, -0.2) is 32.8 Å². The third-order valence-electron chi connectivity index (χ3n) is 5.85. The number of benzene rings is 2. The first-order valence-corrected chi connectivity index (χ1v) is 11.1.